The first kappa shape index (κ1) is 38.9. The van der Waals surface area contributed by atoms with Crippen molar-refractivity contribution in [1.29, 1.82) is 0 Å². The Kier molecular flexibility index (Phi) is 10.9. The van der Waals surface area contributed by atoms with Crippen molar-refractivity contribution < 1.29 is 0 Å². The van der Waals surface area contributed by atoms with Crippen molar-refractivity contribution in [2.45, 2.75) is 18.9 Å². The highest BCUT2D eigenvalue weighted by molar-refractivity contribution is 7.13. The molecule has 0 aromatic heterocycles. The van der Waals surface area contributed by atoms with E-state index in [9.17, 15) is 0 Å². The molecule has 0 N–H and O–H groups in total. The fraction of sp³-hybridized carbons (Fsp3) is 0.0492. The molecule has 62 heavy (non-hydrogen) atoms. The average Bonchev–Trinajstić information content (AvgIpc) is 3.85. The van der Waals surface area contributed by atoms with Crippen molar-refractivity contribution in [3.8, 4) is 66.8 Å². The molecule has 1 aliphatic rings. The Labute approximate surface area is 367 Å². The Morgan fingerprint density at radius 1 is 0.306 bits per heavy atom. The van der Waals surface area contributed by atoms with Crippen molar-refractivity contribution in [3.05, 3.63) is 260 Å². The molecule has 0 spiro atoms. The van der Waals surface area contributed by atoms with Gasteiger partial charge in [-0.05, 0) is 107 Å². The monoisotopic (exact) mass is 808 g/mol. The second-order valence-corrected chi connectivity index (χ2v) is 20.4. The molecular weight excluding hydrogens is 761 g/mol. The molecule has 1 atom stereocenters. The number of allylic oxidation sites excluding steroid dienone is 4. The largest absolute Gasteiger partial charge is 0.158 e. The van der Waals surface area contributed by atoms with E-state index < -0.39 is 8.07 Å². The van der Waals surface area contributed by atoms with Gasteiger partial charge in [0, 0.05) is 5.54 Å². The van der Waals surface area contributed by atoms with Crippen LogP contribution in [0.15, 0.2) is 260 Å². The zero-order chi connectivity index (χ0) is 41.7. The Balaban J connectivity index is 1.40. The number of hydrogen-bond donors (Lipinski definition) is 0. The predicted molar refractivity (Wildman–Crippen MR) is 268 cm³/mol. The van der Waals surface area contributed by atoms with Crippen LogP contribution in [-0.4, -0.2) is 8.07 Å². The van der Waals surface area contributed by atoms with E-state index >= 15 is 0 Å². The third-order valence-corrected chi connectivity index (χ3v) is 17.6. The first-order valence-corrected chi connectivity index (χ1v) is 23.9. The summed E-state index contributed by atoms with van der Waals surface area (Å²) in [6.45, 7) is 2.29. The molecule has 0 aliphatic heterocycles. The highest BCUT2D eigenvalue weighted by Crippen LogP contribution is 2.39. The minimum Gasteiger partial charge on any atom is -0.0790 e. The van der Waals surface area contributed by atoms with Gasteiger partial charge in [-0.1, -0.05) is 249 Å². The Hall–Kier alpha value is -7.32. The maximum atomic E-state index is 2.61. The van der Waals surface area contributed by atoms with Crippen molar-refractivity contribution in [2.24, 2.45) is 0 Å². The van der Waals surface area contributed by atoms with Gasteiger partial charge in [-0.2, -0.15) is 0 Å². The Morgan fingerprint density at radius 2 is 0.548 bits per heavy atom. The predicted octanol–water partition coefficient (Wildman–Crippen LogP) is 14.4. The lowest BCUT2D eigenvalue weighted by atomic mass is 9.98. The van der Waals surface area contributed by atoms with E-state index in [-0.39, 0.29) is 5.54 Å². The maximum Gasteiger partial charge on any atom is 0.158 e. The molecule has 1 heteroatoms. The molecule has 0 bridgehead atoms. The van der Waals surface area contributed by atoms with Gasteiger partial charge in [0.1, 0.15) is 0 Å². The Morgan fingerprint density at radius 3 is 0.758 bits per heavy atom. The van der Waals surface area contributed by atoms with E-state index in [2.05, 4.69) is 262 Å². The van der Waals surface area contributed by atoms with Crippen LogP contribution < -0.4 is 15.6 Å². The molecule has 0 fully saturated rings. The molecule has 9 aromatic carbocycles. The lowest BCUT2D eigenvalue weighted by Crippen LogP contribution is -2.69. The summed E-state index contributed by atoms with van der Waals surface area (Å²) in [5.41, 5.74) is 16.2. The third kappa shape index (κ3) is 7.64. The third-order valence-electron chi connectivity index (χ3n) is 12.6. The zero-order valence-corrected chi connectivity index (χ0v) is 36.0. The summed E-state index contributed by atoms with van der Waals surface area (Å²) in [6.07, 6.45) is 8.54. The van der Waals surface area contributed by atoms with E-state index in [0.29, 0.717) is 0 Å². The second-order valence-electron chi connectivity index (χ2n) is 16.4. The number of rotatable bonds is 11. The quantitative estimate of drug-likeness (QED) is 0.0902. The van der Waals surface area contributed by atoms with Crippen LogP contribution >= 0.6 is 0 Å². The highest BCUT2D eigenvalue weighted by atomic mass is 28.3. The van der Waals surface area contributed by atoms with Crippen LogP contribution in [0, 0.1) is 0 Å². The standard InChI is InChI=1S/C61H48Si/c1-2-45-33-34-58(35-45)62(59-39-52(46-21-9-3-10-22-46)36-53(40-59)47-23-11-4-12-24-47,60-41-54(48-25-13-5-14-26-48)37-55(42-60)49-27-15-6-16-28-49)61-43-56(50-29-17-7-18-30-50)38-57(44-61)51-31-19-8-20-32-51/h3-44,58H,2H2,1H3. The van der Waals surface area contributed by atoms with Gasteiger partial charge in [0.2, 0.25) is 0 Å². The van der Waals surface area contributed by atoms with Crippen LogP contribution in [0.3, 0.4) is 0 Å². The SMILES string of the molecule is CCC1=CC([Si](c2cc(-c3ccccc3)cc(-c3ccccc3)c2)(c2cc(-c3ccccc3)cc(-c3ccccc3)c2)c2cc(-c3ccccc3)cc(-c3ccccc3)c2)C=C1. The van der Waals surface area contributed by atoms with Crippen LogP contribution in [0.2, 0.25) is 5.54 Å². The van der Waals surface area contributed by atoms with Crippen LogP contribution in [-0.2, 0) is 0 Å². The first-order chi connectivity index (χ1) is 30.7. The molecule has 0 nitrogen and oxygen atoms in total. The first-order valence-electron chi connectivity index (χ1n) is 21.8. The van der Waals surface area contributed by atoms with Gasteiger partial charge in [-0.3, -0.25) is 0 Å². The molecule has 0 radical (unpaired) electrons. The summed E-state index contributed by atoms with van der Waals surface area (Å²) in [6, 6.07) is 88.3. The van der Waals surface area contributed by atoms with Crippen LogP contribution in [0.1, 0.15) is 13.3 Å². The van der Waals surface area contributed by atoms with Gasteiger partial charge in [0.15, 0.2) is 8.07 Å². The van der Waals surface area contributed by atoms with E-state index in [0.717, 1.165) is 6.42 Å². The van der Waals surface area contributed by atoms with Crippen molar-refractivity contribution >= 4 is 23.6 Å². The van der Waals surface area contributed by atoms with Gasteiger partial charge in [-0.15, -0.1) is 0 Å². The molecular formula is C61H48Si. The van der Waals surface area contributed by atoms with E-state index in [1.807, 2.05) is 0 Å². The summed E-state index contributed by atoms with van der Waals surface area (Å²) in [5.74, 6) is 0. The number of benzene rings is 9. The molecule has 0 saturated heterocycles. The average molecular weight is 809 g/mol. The molecule has 0 amide bonds. The van der Waals surface area contributed by atoms with Gasteiger partial charge < -0.3 is 0 Å². The van der Waals surface area contributed by atoms with Crippen LogP contribution in [0.25, 0.3) is 66.8 Å². The minimum atomic E-state index is -3.20. The fourth-order valence-corrected chi connectivity index (χ4v) is 14.8. The van der Waals surface area contributed by atoms with Gasteiger partial charge in [0.05, 0.1) is 0 Å². The summed E-state index contributed by atoms with van der Waals surface area (Å²) >= 11 is 0. The molecule has 0 saturated carbocycles. The normalized spacial score (nSPS) is 13.5. The maximum absolute atomic E-state index is 3.20. The van der Waals surface area contributed by atoms with Crippen LogP contribution in [0.4, 0.5) is 0 Å². The van der Waals surface area contributed by atoms with Crippen molar-refractivity contribution in [1.82, 2.24) is 0 Å². The van der Waals surface area contributed by atoms with Crippen LogP contribution in [0.5, 0.6) is 0 Å². The molecule has 9 aromatic rings. The molecule has 0 heterocycles. The zero-order valence-electron chi connectivity index (χ0n) is 35.0. The van der Waals surface area contributed by atoms with E-state index in [1.54, 1.807) is 0 Å². The lowest BCUT2D eigenvalue weighted by Gasteiger charge is -2.39. The van der Waals surface area contributed by atoms with E-state index in [1.165, 1.54) is 87.9 Å². The molecule has 296 valence electrons. The smallest absolute Gasteiger partial charge is 0.0790 e. The summed E-state index contributed by atoms with van der Waals surface area (Å²) in [4.78, 5) is 0. The van der Waals surface area contributed by atoms with Gasteiger partial charge in [-0.25, -0.2) is 0 Å². The fourth-order valence-electron chi connectivity index (χ4n) is 9.50. The van der Waals surface area contributed by atoms with E-state index in [4.69, 9.17) is 0 Å². The molecule has 1 unspecified atom stereocenters. The Bertz CT molecular complexity index is 2530. The second kappa shape index (κ2) is 17.3. The van der Waals surface area contributed by atoms with Gasteiger partial charge >= 0.3 is 0 Å². The summed E-state index contributed by atoms with van der Waals surface area (Å²) in [5, 5.41) is 4.15. The van der Waals surface area contributed by atoms with Gasteiger partial charge in [0.25, 0.3) is 0 Å². The lowest BCUT2D eigenvalue weighted by molar-refractivity contribution is 1.15. The number of hydrogen-bond acceptors (Lipinski definition) is 0. The van der Waals surface area contributed by atoms with Crippen molar-refractivity contribution in [2.75, 3.05) is 0 Å². The summed E-state index contributed by atoms with van der Waals surface area (Å²) in [7, 11) is -3.20. The summed E-state index contributed by atoms with van der Waals surface area (Å²) < 4.78 is 0. The highest BCUT2D eigenvalue weighted by Gasteiger charge is 2.47. The minimum absolute atomic E-state index is 0.122. The van der Waals surface area contributed by atoms with Crippen molar-refractivity contribution in [3.63, 3.8) is 0 Å². The molecule has 1 aliphatic carbocycles. The topological polar surface area (TPSA) is 0 Å². The molecule has 10 rings (SSSR count).